The zero-order valence-electron chi connectivity index (χ0n) is 22.3. The summed E-state index contributed by atoms with van der Waals surface area (Å²) in [5, 5.41) is 0. The lowest BCUT2D eigenvalue weighted by atomic mass is 9.40. The first-order valence-electron chi connectivity index (χ1n) is 13.3. The zero-order valence-corrected chi connectivity index (χ0v) is 23.9. The van der Waals surface area contributed by atoms with Crippen LogP contribution in [-0.4, -0.2) is 94.9 Å². The van der Waals surface area contributed by atoms with Crippen molar-refractivity contribution in [3.8, 4) is 0 Å². The second-order valence-electron chi connectivity index (χ2n) is 11.0. The molecule has 4 aliphatic carbocycles. The number of rotatable bonds is 12. The van der Waals surface area contributed by atoms with Crippen LogP contribution in [-0.2, 0) is 38.2 Å². The number of esters is 2. The maximum atomic E-state index is 13.4. The van der Waals surface area contributed by atoms with Gasteiger partial charge in [-0.3, -0.25) is 28.8 Å². The van der Waals surface area contributed by atoms with Gasteiger partial charge < -0.3 is 20.9 Å². The quantitative estimate of drug-likeness (QED) is 0.167. The summed E-state index contributed by atoms with van der Waals surface area (Å²) in [6.07, 6.45) is 8.38. The number of nitrogens with zero attached hydrogens (tertiary/aromatic N) is 2. The number of imide groups is 2. The Labute approximate surface area is 240 Å². The van der Waals surface area contributed by atoms with Crippen molar-refractivity contribution >= 4 is 59.1 Å². The lowest BCUT2D eigenvalue weighted by Crippen LogP contribution is -2.63. The third-order valence-electron chi connectivity index (χ3n) is 9.07. The standard InChI is InChI=1S/C26H34N4O8S2/c1-39-7-5-13(27)25(35)37-9-29-21(31)17-11-3-4-12(18(17)22(29)32)16-15(11)19-20(16)24(34)30(23(19)33)10-38-26(36)14(28)6-8-40-2/h3-4,11-20H,5-10,27-28H2,1-2H3/t11-,12-,13+,14-,15-,16-,17-,18+,19-,20-/m1/s1. The predicted octanol–water partition coefficient (Wildman–Crippen LogP) is -0.587. The van der Waals surface area contributed by atoms with Gasteiger partial charge >= 0.3 is 11.9 Å². The number of fused-ring (bicyclic) bond motifs is 1. The Hall–Kier alpha value is -2.42. The number of carbonyl (C=O) groups is 6. The van der Waals surface area contributed by atoms with Crippen molar-refractivity contribution in [2.24, 2.45) is 58.8 Å². The van der Waals surface area contributed by atoms with Gasteiger partial charge in [0, 0.05) is 0 Å². The number of nitrogens with two attached hydrogens (primary N) is 2. The van der Waals surface area contributed by atoms with E-state index in [0.29, 0.717) is 24.3 Å². The molecule has 2 heterocycles. The molecule has 6 aliphatic rings. The molecule has 4 amide bonds. The summed E-state index contributed by atoms with van der Waals surface area (Å²) in [5.41, 5.74) is 11.7. The molecule has 4 N–H and O–H groups in total. The minimum absolute atomic E-state index is 0.276. The Kier molecular flexibility index (Phi) is 8.33. The molecule has 6 rings (SSSR count). The minimum Gasteiger partial charge on any atom is -0.443 e. The van der Waals surface area contributed by atoms with Crippen LogP contribution < -0.4 is 11.5 Å². The Morgan fingerprint density at radius 1 is 0.725 bits per heavy atom. The zero-order chi connectivity index (χ0) is 28.9. The average Bonchev–Trinajstić information content (AvgIpc) is 3.30. The molecular formula is C26H34N4O8S2. The van der Waals surface area contributed by atoms with Crippen LogP contribution in [0.25, 0.3) is 0 Å². The fraction of sp³-hybridized carbons (Fsp3) is 0.692. The number of carbonyl (C=O) groups excluding carboxylic acids is 6. The van der Waals surface area contributed by atoms with E-state index in [9.17, 15) is 28.8 Å². The lowest BCUT2D eigenvalue weighted by molar-refractivity contribution is -0.166. The first-order chi connectivity index (χ1) is 19.1. The van der Waals surface area contributed by atoms with E-state index in [2.05, 4.69) is 0 Å². The number of amides is 4. The molecule has 12 nitrogen and oxygen atoms in total. The molecule has 0 spiro atoms. The topological polar surface area (TPSA) is 179 Å². The van der Waals surface area contributed by atoms with Gasteiger partial charge in [-0.2, -0.15) is 23.5 Å². The monoisotopic (exact) mass is 594 g/mol. The highest BCUT2D eigenvalue weighted by atomic mass is 32.2. The van der Waals surface area contributed by atoms with Gasteiger partial charge in [0.25, 0.3) is 0 Å². The summed E-state index contributed by atoms with van der Waals surface area (Å²) in [5.74, 6) is -5.74. The second-order valence-corrected chi connectivity index (χ2v) is 12.9. The van der Waals surface area contributed by atoms with Gasteiger partial charge in [0.2, 0.25) is 23.6 Å². The predicted molar refractivity (Wildman–Crippen MR) is 145 cm³/mol. The van der Waals surface area contributed by atoms with Crippen molar-refractivity contribution in [2.45, 2.75) is 24.9 Å². The van der Waals surface area contributed by atoms with E-state index < -0.39 is 96.6 Å². The molecule has 0 aromatic heterocycles. The van der Waals surface area contributed by atoms with Gasteiger partial charge in [0.05, 0.1) is 23.7 Å². The molecule has 10 atom stereocenters. The smallest absolute Gasteiger partial charge is 0.324 e. The Morgan fingerprint density at radius 3 is 1.43 bits per heavy atom. The fourth-order valence-corrected chi connectivity index (χ4v) is 8.15. The molecular weight excluding hydrogens is 560 g/mol. The van der Waals surface area contributed by atoms with Crippen LogP contribution in [0.3, 0.4) is 0 Å². The van der Waals surface area contributed by atoms with E-state index in [1.165, 1.54) is 0 Å². The highest BCUT2D eigenvalue weighted by Gasteiger charge is 2.75. The van der Waals surface area contributed by atoms with E-state index in [4.69, 9.17) is 20.9 Å². The van der Waals surface area contributed by atoms with E-state index >= 15 is 0 Å². The fourth-order valence-electron chi connectivity index (χ4n) is 7.17. The number of hydrogen-bond donors (Lipinski definition) is 2. The van der Waals surface area contributed by atoms with Gasteiger partial charge in [0.1, 0.15) is 12.1 Å². The van der Waals surface area contributed by atoms with Crippen LogP contribution >= 0.6 is 23.5 Å². The second kappa shape index (κ2) is 11.5. The first-order valence-corrected chi connectivity index (χ1v) is 16.1. The van der Waals surface area contributed by atoms with Crippen LogP contribution in [0.4, 0.5) is 0 Å². The van der Waals surface area contributed by atoms with E-state index in [1.54, 1.807) is 23.5 Å². The van der Waals surface area contributed by atoms with E-state index in [1.807, 2.05) is 24.7 Å². The van der Waals surface area contributed by atoms with Crippen molar-refractivity contribution in [3.05, 3.63) is 12.2 Å². The van der Waals surface area contributed by atoms with Crippen molar-refractivity contribution in [1.82, 2.24) is 9.80 Å². The number of likely N-dealkylation sites (tertiary alicyclic amines) is 2. The van der Waals surface area contributed by atoms with Crippen molar-refractivity contribution in [2.75, 3.05) is 37.5 Å². The van der Waals surface area contributed by atoms with Gasteiger partial charge in [-0.15, -0.1) is 0 Å². The van der Waals surface area contributed by atoms with Gasteiger partial charge in [-0.1, -0.05) is 12.2 Å². The van der Waals surface area contributed by atoms with Gasteiger partial charge in [-0.25, -0.2) is 9.80 Å². The third-order valence-corrected chi connectivity index (χ3v) is 10.4. The molecule has 2 aliphatic heterocycles. The highest BCUT2D eigenvalue weighted by molar-refractivity contribution is 7.98. The third kappa shape index (κ3) is 4.56. The van der Waals surface area contributed by atoms with Crippen LogP contribution in [0.5, 0.6) is 0 Å². The van der Waals surface area contributed by atoms with E-state index in [-0.39, 0.29) is 11.8 Å². The summed E-state index contributed by atoms with van der Waals surface area (Å²) in [7, 11) is 0. The largest absolute Gasteiger partial charge is 0.443 e. The Morgan fingerprint density at radius 2 is 1.07 bits per heavy atom. The van der Waals surface area contributed by atoms with Crippen molar-refractivity contribution < 1.29 is 38.2 Å². The van der Waals surface area contributed by atoms with E-state index in [0.717, 1.165) is 9.80 Å². The summed E-state index contributed by atoms with van der Waals surface area (Å²) in [6.45, 7) is -1.00. The summed E-state index contributed by atoms with van der Waals surface area (Å²) in [6, 6.07) is -1.69. The molecule has 2 saturated heterocycles. The minimum atomic E-state index is -0.846. The molecule has 0 unspecified atom stereocenters. The number of allylic oxidation sites excluding steroid dienone is 2. The SMILES string of the molecule is CSCC[C@@H](N)C(=O)OCN1C(=O)[C@H]2[C@H](C1=O)[C@@H]1[C@H]3C=C[C@@H]([C@H]4C(=O)N(COC(=O)[C@@H](N)CCSC)C(=O)[C@@H]34)[C@@H]21. The van der Waals surface area contributed by atoms with Crippen LogP contribution in [0.1, 0.15) is 12.8 Å². The maximum Gasteiger partial charge on any atom is 0.324 e. The average molecular weight is 595 g/mol. The number of ether oxygens (including phenoxy) is 2. The molecule has 14 heteroatoms. The normalized spacial score (nSPS) is 34.8. The van der Waals surface area contributed by atoms with Crippen LogP contribution in [0, 0.1) is 47.3 Å². The van der Waals surface area contributed by atoms with Crippen LogP contribution in [0.15, 0.2) is 12.2 Å². The van der Waals surface area contributed by atoms with Crippen molar-refractivity contribution in [1.29, 1.82) is 0 Å². The van der Waals surface area contributed by atoms with Crippen molar-refractivity contribution in [3.63, 3.8) is 0 Å². The molecule has 0 radical (unpaired) electrons. The maximum absolute atomic E-state index is 13.4. The number of hydrogen-bond acceptors (Lipinski definition) is 12. The lowest BCUT2D eigenvalue weighted by Gasteiger charge is -2.60. The highest BCUT2D eigenvalue weighted by Crippen LogP contribution is 2.68. The van der Waals surface area contributed by atoms with Gasteiger partial charge in [0.15, 0.2) is 13.5 Å². The Bertz CT molecular complexity index is 1090. The molecule has 218 valence electrons. The molecule has 2 saturated carbocycles. The molecule has 2 bridgehead atoms. The summed E-state index contributed by atoms with van der Waals surface area (Å²) >= 11 is 3.08. The molecule has 0 aromatic rings. The van der Waals surface area contributed by atoms with Gasteiger partial charge in [-0.05, 0) is 60.5 Å². The molecule has 4 fully saturated rings. The molecule has 40 heavy (non-hydrogen) atoms. The number of thioether (sulfide) groups is 2. The Balaban J connectivity index is 1.25. The first kappa shape index (κ1) is 29.1. The summed E-state index contributed by atoms with van der Waals surface area (Å²) < 4.78 is 10.4. The molecule has 0 aromatic carbocycles. The van der Waals surface area contributed by atoms with Crippen LogP contribution in [0.2, 0.25) is 0 Å². The summed E-state index contributed by atoms with van der Waals surface area (Å²) in [4.78, 5) is 79.9.